The molecule has 5 N–H and O–H groups in total. The van der Waals surface area contributed by atoms with Gasteiger partial charge in [0, 0.05) is 37.8 Å². The Morgan fingerprint density at radius 2 is 1.43 bits per heavy atom. The van der Waals surface area contributed by atoms with Crippen molar-refractivity contribution in [2.75, 3.05) is 6.54 Å². The molecule has 3 rings (SSSR count). The first kappa shape index (κ1) is 22.8. The molecule has 1 saturated carbocycles. The van der Waals surface area contributed by atoms with Gasteiger partial charge < -0.3 is 10.8 Å². The standard InChI is InChI=1S/C19H23N7O3.H2O/c27-16(25-26-18(29)15-12-21-7-9-23-15)10-19(4-2-1-3-5-19)13-24-17(28)14-11-20-6-8-22-14;/h6-9,11-12H,1-5,10,13H2,(H,24,28)(H,25,27)(H,26,29);1H2. The third kappa shape index (κ3) is 6.27. The van der Waals surface area contributed by atoms with Gasteiger partial charge in [0.15, 0.2) is 0 Å². The van der Waals surface area contributed by atoms with Gasteiger partial charge in [0.25, 0.3) is 11.8 Å². The van der Waals surface area contributed by atoms with E-state index in [0.717, 1.165) is 32.1 Å². The Morgan fingerprint density at radius 3 is 2.00 bits per heavy atom. The second kappa shape index (κ2) is 10.9. The molecule has 1 aliphatic rings. The summed E-state index contributed by atoms with van der Waals surface area (Å²) in [6.07, 6.45) is 13.4. The molecule has 3 amide bonds. The molecule has 2 aromatic heterocycles. The molecule has 0 aliphatic heterocycles. The zero-order valence-corrected chi connectivity index (χ0v) is 16.4. The summed E-state index contributed by atoms with van der Waals surface area (Å²) in [5, 5.41) is 2.88. The average Bonchev–Trinajstić information content (AvgIpc) is 2.77. The molecule has 0 radical (unpaired) electrons. The van der Waals surface area contributed by atoms with E-state index in [9.17, 15) is 14.4 Å². The average molecular weight is 415 g/mol. The van der Waals surface area contributed by atoms with Gasteiger partial charge in [-0.2, -0.15) is 0 Å². The van der Waals surface area contributed by atoms with Crippen LogP contribution in [0.2, 0.25) is 0 Å². The molecule has 0 spiro atoms. The zero-order valence-electron chi connectivity index (χ0n) is 16.4. The Balaban J connectivity index is 0.00000320. The second-order valence-electron chi connectivity index (χ2n) is 7.10. The van der Waals surface area contributed by atoms with Crippen LogP contribution in [0.15, 0.2) is 37.2 Å². The first-order valence-corrected chi connectivity index (χ1v) is 9.47. The van der Waals surface area contributed by atoms with Crippen LogP contribution in [0, 0.1) is 5.41 Å². The summed E-state index contributed by atoms with van der Waals surface area (Å²) in [5.41, 5.74) is 4.76. The molecule has 0 unspecified atom stereocenters. The van der Waals surface area contributed by atoms with Crippen LogP contribution in [0.25, 0.3) is 0 Å². The maximum atomic E-state index is 12.5. The minimum Gasteiger partial charge on any atom is -0.412 e. The third-order valence-electron chi connectivity index (χ3n) is 4.98. The van der Waals surface area contributed by atoms with Crippen molar-refractivity contribution in [1.29, 1.82) is 0 Å². The monoisotopic (exact) mass is 415 g/mol. The van der Waals surface area contributed by atoms with Crippen LogP contribution < -0.4 is 16.2 Å². The van der Waals surface area contributed by atoms with Crippen LogP contribution in [0.4, 0.5) is 0 Å². The van der Waals surface area contributed by atoms with Crippen molar-refractivity contribution in [2.45, 2.75) is 38.5 Å². The highest BCUT2D eigenvalue weighted by Gasteiger charge is 2.35. The van der Waals surface area contributed by atoms with Crippen LogP contribution in [0.3, 0.4) is 0 Å². The Hall–Kier alpha value is -3.47. The molecular formula is C19H25N7O4. The molecule has 11 nitrogen and oxygen atoms in total. The zero-order chi connectivity index (χ0) is 20.5. The van der Waals surface area contributed by atoms with E-state index in [4.69, 9.17) is 0 Å². The van der Waals surface area contributed by atoms with Gasteiger partial charge in [-0.1, -0.05) is 19.3 Å². The van der Waals surface area contributed by atoms with Gasteiger partial charge in [0.05, 0.1) is 12.4 Å². The van der Waals surface area contributed by atoms with Crippen LogP contribution in [-0.2, 0) is 4.79 Å². The molecule has 0 atom stereocenters. The molecule has 1 aliphatic carbocycles. The van der Waals surface area contributed by atoms with Gasteiger partial charge in [-0.15, -0.1) is 0 Å². The molecule has 2 heterocycles. The third-order valence-corrected chi connectivity index (χ3v) is 4.98. The van der Waals surface area contributed by atoms with Crippen molar-refractivity contribution in [3.05, 3.63) is 48.6 Å². The van der Waals surface area contributed by atoms with Crippen molar-refractivity contribution in [3.8, 4) is 0 Å². The van der Waals surface area contributed by atoms with Crippen molar-refractivity contribution in [1.82, 2.24) is 36.1 Å². The lowest BCUT2D eigenvalue weighted by atomic mass is 9.71. The maximum absolute atomic E-state index is 12.5. The van der Waals surface area contributed by atoms with Crippen molar-refractivity contribution in [2.24, 2.45) is 5.41 Å². The van der Waals surface area contributed by atoms with Crippen molar-refractivity contribution < 1.29 is 19.9 Å². The Bertz CT molecular complexity index is 842. The van der Waals surface area contributed by atoms with Crippen LogP contribution in [-0.4, -0.2) is 49.7 Å². The molecule has 2 aromatic rings. The summed E-state index contributed by atoms with van der Waals surface area (Å²) < 4.78 is 0. The molecule has 11 heteroatoms. The summed E-state index contributed by atoms with van der Waals surface area (Å²) in [6.45, 7) is 0.355. The number of nitrogens with zero attached hydrogens (tertiary/aromatic N) is 4. The quantitative estimate of drug-likeness (QED) is 0.556. The molecule has 0 bridgehead atoms. The minimum absolute atomic E-state index is 0. The number of carbonyl (C=O) groups is 3. The van der Waals surface area contributed by atoms with Crippen LogP contribution in [0.1, 0.15) is 59.5 Å². The molecule has 0 aromatic carbocycles. The number of amides is 3. The van der Waals surface area contributed by atoms with E-state index >= 15 is 0 Å². The highest BCUT2D eigenvalue weighted by molar-refractivity contribution is 5.93. The van der Waals surface area contributed by atoms with Gasteiger partial charge in [0.1, 0.15) is 11.4 Å². The van der Waals surface area contributed by atoms with Gasteiger partial charge in [0.2, 0.25) is 5.91 Å². The largest absolute Gasteiger partial charge is 0.412 e. The van der Waals surface area contributed by atoms with Crippen LogP contribution in [0.5, 0.6) is 0 Å². The summed E-state index contributed by atoms with van der Waals surface area (Å²) in [4.78, 5) is 52.4. The first-order chi connectivity index (χ1) is 14.1. The lowest BCUT2D eigenvalue weighted by molar-refractivity contribution is -0.124. The Labute approximate surface area is 173 Å². The first-order valence-electron chi connectivity index (χ1n) is 9.47. The Kier molecular flexibility index (Phi) is 8.29. The summed E-state index contributed by atoms with van der Waals surface area (Å²) in [7, 11) is 0. The lowest BCUT2D eigenvalue weighted by Crippen LogP contribution is -2.47. The molecular weight excluding hydrogens is 390 g/mol. The normalized spacial score (nSPS) is 14.7. The van der Waals surface area contributed by atoms with Gasteiger partial charge in [-0.3, -0.25) is 35.2 Å². The topological polar surface area (TPSA) is 170 Å². The van der Waals surface area contributed by atoms with E-state index in [2.05, 4.69) is 36.1 Å². The van der Waals surface area contributed by atoms with E-state index in [1.807, 2.05) is 0 Å². The van der Waals surface area contributed by atoms with Crippen LogP contribution >= 0.6 is 0 Å². The summed E-state index contributed by atoms with van der Waals surface area (Å²) >= 11 is 0. The maximum Gasteiger partial charge on any atom is 0.289 e. The summed E-state index contributed by atoms with van der Waals surface area (Å²) in [6, 6.07) is 0. The van der Waals surface area contributed by atoms with E-state index in [1.165, 1.54) is 37.2 Å². The fraction of sp³-hybridized carbons (Fsp3) is 0.421. The molecule has 160 valence electrons. The summed E-state index contributed by atoms with van der Waals surface area (Å²) in [5.74, 6) is -1.18. The highest BCUT2D eigenvalue weighted by Crippen LogP contribution is 2.38. The van der Waals surface area contributed by atoms with Gasteiger partial charge in [-0.25, -0.2) is 9.97 Å². The number of rotatable bonds is 6. The number of carbonyl (C=O) groups excluding carboxylic acids is 3. The number of hydrogen-bond acceptors (Lipinski definition) is 7. The number of nitrogens with one attached hydrogen (secondary N) is 3. The number of hydrazine groups is 1. The van der Waals surface area contributed by atoms with E-state index < -0.39 is 5.91 Å². The minimum atomic E-state index is -0.542. The smallest absolute Gasteiger partial charge is 0.289 e. The second-order valence-corrected chi connectivity index (χ2v) is 7.10. The van der Waals surface area contributed by atoms with Gasteiger partial charge in [-0.05, 0) is 18.3 Å². The lowest BCUT2D eigenvalue weighted by Gasteiger charge is -2.37. The van der Waals surface area contributed by atoms with Gasteiger partial charge >= 0.3 is 0 Å². The van der Waals surface area contributed by atoms with Crippen molar-refractivity contribution in [3.63, 3.8) is 0 Å². The highest BCUT2D eigenvalue weighted by atomic mass is 16.2. The number of aromatic nitrogens is 4. The van der Waals surface area contributed by atoms with Crippen molar-refractivity contribution >= 4 is 17.7 Å². The molecule has 1 fully saturated rings. The fourth-order valence-electron chi connectivity index (χ4n) is 3.48. The molecule has 0 saturated heterocycles. The van der Waals surface area contributed by atoms with E-state index in [-0.39, 0.29) is 40.5 Å². The fourth-order valence-corrected chi connectivity index (χ4v) is 3.48. The Morgan fingerprint density at radius 1 is 0.833 bits per heavy atom. The van der Waals surface area contributed by atoms with E-state index in [0.29, 0.717) is 6.54 Å². The predicted octanol–water partition coefficient (Wildman–Crippen LogP) is -0.0265. The molecule has 30 heavy (non-hydrogen) atoms. The number of hydrogen-bond donors (Lipinski definition) is 3. The SMILES string of the molecule is O.O=C(CC1(CNC(=O)c2cnccn2)CCCCC1)NNC(=O)c1cnccn1. The van der Waals surface area contributed by atoms with E-state index in [1.54, 1.807) is 0 Å². The predicted molar refractivity (Wildman–Crippen MR) is 106 cm³/mol.